The summed E-state index contributed by atoms with van der Waals surface area (Å²) < 4.78 is 0. The number of nitrogens with one attached hydrogen (secondary N) is 1. The third-order valence-corrected chi connectivity index (χ3v) is 1.88. The number of aliphatic hydroxyl groups excluding tert-OH is 1. The summed E-state index contributed by atoms with van der Waals surface area (Å²) in [6.45, 7) is 1.65. The normalized spacial score (nSPS) is 11.8. The quantitative estimate of drug-likeness (QED) is 0.583. The van der Waals surface area contributed by atoms with Crippen LogP contribution in [0.3, 0.4) is 0 Å². The molecule has 1 atom stereocenters. The molecule has 0 heterocycles. The van der Waals surface area contributed by atoms with E-state index in [4.69, 9.17) is 10.4 Å². The van der Waals surface area contributed by atoms with Crippen molar-refractivity contribution in [1.29, 1.82) is 5.26 Å². The van der Waals surface area contributed by atoms with Gasteiger partial charge in [-0.15, -0.1) is 11.8 Å². The fourth-order valence-corrected chi connectivity index (χ4v) is 1.01. The summed E-state index contributed by atoms with van der Waals surface area (Å²) >= 11 is 1.26. The minimum absolute atomic E-state index is 0.0609. The fourth-order valence-electron chi connectivity index (χ4n) is 0.552. The van der Waals surface area contributed by atoms with Gasteiger partial charge >= 0.3 is 0 Å². The first-order valence-corrected chi connectivity index (χ1v) is 4.71. The highest BCUT2D eigenvalue weighted by molar-refractivity contribution is 8.00. The first kappa shape index (κ1) is 11.3. The molecule has 0 spiro atoms. The number of rotatable bonds is 5. The van der Waals surface area contributed by atoms with Crippen LogP contribution < -0.4 is 5.32 Å². The van der Waals surface area contributed by atoms with E-state index in [1.54, 1.807) is 6.92 Å². The van der Waals surface area contributed by atoms with Crippen LogP contribution in [0.15, 0.2) is 0 Å². The summed E-state index contributed by atoms with van der Waals surface area (Å²) in [5, 5.41) is 19.3. The molecule has 0 aromatic rings. The summed E-state index contributed by atoms with van der Waals surface area (Å²) in [6.07, 6.45) is 0. The standard InChI is InChI=1S/C7H12N2O2S/c1-6(4-10)9-7(11)5-12-3-2-8/h6,10H,3-5H2,1H3,(H,9,11)/t6-/m1/s1. The van der Waals surface area contributed by atoms with Crippen LogP contribution in [0.4, 0.5) is 0 Å². The molecule has 0 rings (SSSR count). The molecule has 0 fully saturated rings. The molecule has 12 heavy (non-hydrogen) atoms. The molecule has 0 radical (unpaired) electrons. The van der Waals surface area contributed by atoms with Gasteiger partial charge in [-0.05, 0) is 6.92 Å². The second-order valence-corrected chi connectivity index (χ2v) is 3.29. The van der Waals surface area contributed by atoms with Crippen molar-refractivity contribution in [1.82, 2.24) is 5.32 Å². The molecule has 4 nitrogen and oxygen atoms in total. The first-order chi connectivity index (χ1) is 5.70. The Balaban J connectivity index is 3.41. The van der Waals surface area contributed by atoms with Crippen LogP contribution in [0.25, 0.3) is 0 Å². The maximum atomic E-state index is 10.9. The second kappa shape index (κ2) is 6.95. The van der Waals surface area contributed by atoms with Crippen LogP contribution in [0.2, 0.25) is 0 Å². The van der Waals surface area contributed by atoms with Crippen molar-refractivity contribution in [2.24, 2.45) is 0 Å². The number of nitrogens with zero attached hydrogens (tertiary/aromatic N) is 1. The van der Waals surface area contributed by atoms with Crippen molar-refractivity contribution in [3.8, 4) is 6.07 Å². The van der Waals surface area contributed by atoms with Crippen LogP contribution in [0.1, 0.15) is 6.92 Å². The molecular formula is C7H12N2O2S. The Bertz CT molecular complexity index is 179. The Hall–Kier alpha value is -0.730. The number of amides is 1. The van der Waals surface area contributed by atoms with Crippen molar-refractivity contribution < 1.29 is 9.90 Å². The monoisotopic (exact) mass is 188 g/mol. The smallest absolute Gasteiger partial charge is 0.230 e. The van der Waals surface area contributed by atoms with Crippen LogP contribution in [0, 0.1) is 11.3 Å². The Labute approximate surface area is 76.0 Å². The molecule has 0 saturated carbocycles. The Morgan fingerprint density at radius 3 is 3.00 bits per heavy atom. The van der Waals surface area contributed by atoms with Gasteiger partial charge in [-0.2, -0.15) is 5.26 Å². The molecule has 0 aliphatic rings. The van der Waals surface area contributed by atoms with E-state index in [1.807, 2.05) is 6.07 Å². The Kier molecular flexibility index (Phi) is 6.53. The van der Waals surface area contributed by atoms with E-state index in [0.717, 1.165) is 0 Å². The molecule has 0 aromatic carbocycles. The van der Waals surface area contributed by atoms with E-state index >= 15 is 0 Å². The number of thioether (sulfide) groups is 1. The number of hydrogen-bond acceptors (Lipinski definition) is 4. The van der Waals surface area contributed by atoms with Gasteiger partial charge in [0.25, 0.3) is 0 Å². The van der Waals surface area contributed by atoms with Crippen molar-refractivity contribution in [3.05, 3.63) is 0 Å². The van der Waals surface area contributed by atoms with Gasteiger partial charge < -0.3 is 10.4 Å². The predicted molar refractivity (Wildman–Crippen MR) is 47.6 cm³/mol. The average Bonchev–Trinajstić information content (AvgIpc) is 2.05. The van der Waals surface area contributed by atoms with E-state index in [1.165, 1.54) is 11.8 Å². The molecule has 1 amide bonds. The minimum Gasteiger partial charge on any atom is -0.394 e. The summed E-state index contributed by atoms with van der Waals surface area (Å²) in [5.41, 5.74) is 0. The molecule has 5 heteroatoms. The fraction of sp³-hybridized carbons (Fsp3) is 0.714. The van der Waals surface area contributed by atoms with Gasteiger partial charge in [-0.3, -0.25) is 4.79 Å². The Morgan fingerprint density at radius 1 is 1.83 bits per heavy atom. The van der Waals surface area contributed by atoms with Crippen molar-refractivity contribution >= 4 is 17.7 Å². The molecular weight excluding hydrogens is 176 g/mol. The lowest BCUT2D eigenvalue weighted by molar-refractivity contribution is -0.119. The Morgan fingerprint density at radius 2 is 2.50 bits per heavy atom. The van der Waals surface area contributed by atoms with Gasteiger partial charge in [-0.25, -0.2) is 0 Å². The minimum atomic E-state index is -0.208. The number of carbonyl (C=O) groups is 1. The van der Waals surface area contributed by atoms with Gasteiger partial charge in [0.2, 0.25) is 5.91 Å². The molecule has 0 aliphatic heterocycles. The molecule has 0 aliphatic carbocycles. The van der Waals surface area contributed by atoms with E-state index in [-0.39, 0.29) is 24.3 Å². The van der Waals surface area contributed by atoms with Crippen molar-refractivity contribution in [3.63, 3.8) is 0 Å². The van der Waals surface area contributed by atoms with Crippen LogP contribution in [-0.4, -0.2) is 35.2 Å². The zero-order valence-electron chi connectivity index (χ0n) is 6.91. The lowest BCUT2D eigenvalue weighted by atomic mass is 10.4. The molecule has 0 unspecified atom stereocenters. The highest BCUT2D eigenvalue weighted by atomic mass is 32.2. The number of aliphatic hydroxyl groups is 1. The lowest BCUT2D eigenvalue weighted by Gasteiger charge is -2.09. The van der Waals surface area contributed by atoms with E-state index in [0.29, 0.717) is 5.75 Å². The summed E-state index contributed by atoms with van der Waals surface area (Å²) in [4.78, 5) is 10.9. The van der Waals surface area contributed by atoms with Crippen molar-refractivity contribution in [2.75, 3.05) is 18.1 Å². The molecule has 2 N–H and O–H groups in total. The molecule has 68 valence electrons. The van der Waals surface area contributed by atoms with Gasteiger partial charge in [0.15, 0.2) is 0 Å². The number of carbonyl (C=O) groups excluding carboxylic acids is 1. The number of nitriles is 1. The maximum absolute atomic E-state index is 10.9. The summed E-state index contributed by atoms with van der Waals surface area (Å²) in [6, 6.07) is 1.72. The largest absolute Gasteiger partial charge is 0.394 e. The highest BCUT2D eigenvalue weighted by Gasteiger charge is 2.04. The van der Waals surface area contributed by atoms with E-state index in [9.17, 15) is 4.79 Å². The van der Waals surface area contributed by atoms with Gasteiger partial charge in [-0.1, -0.05) is 0 Å². The van der Waals surface area contributed by atoms with Gasteiger partial charge in [0, 0.05) is 6.04 Å². The lowest BCUT2D eigenvalue weighted by Crippen LogP contribution is -2.36. The SMILES string of the molecule is C[C@H](CO)NC(=O)CSCC#N. The molecule has 0 saturated heterocycles. The predicted octanol–water partition coefficient (Wildman–Crippen LogP) is -0.260. The van der Waals surface area contributed by atoms with E-state index in [2.05, 4.69) is 5.32 Å². The van der Waals surface area contributed by atoms with Gasteiger partial charge in [0.05, 0.1) is 24.2 Å². The summed E-state index contributed by atoms with van der Waals surface area (Å²) in [5.74, 6) is 0.454. The average molecular weight is 188 g/mol. The maximum Gasteiger partial charge on any atom is 0.230 e. The molecule has 0 aromatic heterocycles. The van der Waals surface area contributed by atoms with Crippen LogP contribution in [-0.2, 0) is 4.79 Å². The van der Waals surface area contributed by atoms with Gasteiger partial charge in [0.1, 0.15) is 0 Å². The van der Waals surface area contributed by atoms with Crippen molar-refractivity contribution in [2.45, 2.75) is 13.0 Å². The third-order valence-electron chi connectivity index (χ3n) is 1.08. The zero-order valence-corrected chi connectivity index (χ0v) is 7.73. The van der Waals surface area contributed by atoms with Crippen LogP contribution in [0.5, 0.6) is 0 Å². The topological polar surface area (TPSA) is 73.1 Å². The summed E-state index contributed by atoms with van der Waals surface area (Å²) in [7, 11) is 0. The molecule has 0 bridgehead atoms. The number of hydrogen-bond donors (Lipinski definition) is 2. The second-order valence-electron chi connectivity index (χ2n) is 2.30. The third kappa shape index (κ3) is 6.01. The van der Waals surface area contributed by atoms with Crippen LogP contribution >= 0.6 is 11.8 Å². The first-order valence-electron chi connectivity index (χ1n) is 3.55. The highest BCUT2D eigenvalue weighted by Crippen LogP contribution is 1.96. The van der Waals surface area contributed by atoms with E-state index < -0.39 is 0 Å². The zero-order chi connectivity index (χ0) is 9.40.